The van der Waals surface area contributed by atoms with Gasteiger partial charge in [0.05, 0.1) is 20.1 Å². The molecule has 0 aromatic heterocycles. The summed E-state index contributed by atoms with van der Waals surface area (Å²) in [5, 5.41) is 0. The highest BCUT2D eigenvalue weighted by Crippen LogP contribution is 2.51. The van der Waals surface area contributed by atoms with E-state index in [9.17, 15) is 0 Å². The fraction of sp³-hybridized carbons (Fsp3) is 0.250. The monoisotopic (exact) mass is 500 g/mol. The molecule has 0 radical (unpaired) electrons. The molecule has 0 bridgehead atoms. The summed E-state index contributed by atoms with van der Waals surface area (Å²) in [5.41, 5.74) is 1.50. The van der Waals surface area contributed by atoms with Crippen molar-refractivity contribution in [2.45, 2.75) is 9.71 Å². The lowest BCUT2D eigenvalue weighted by atomic mass is 9.91. The van der Waals surface area contributed by atoms with Gasteiger partial charge in [-0.3, -0.25) is 0 Å². The SMILES string of the molecule is COc1ccc(Br)cc1C(c1cc(Br)ccc1OC)C(Cl)(Cl)Cl. The fourth-order valence-corrected chi connectivity index (χ4v) is 3.84. The molecule has 0 heterocycles. The van der Waals surface area contributed by atoms with Gasteiger partial charge < -0.3 is 9.47 Å². The van der Waals surface area contributed by atoms with E-state index in [0.29, 0.717) is 11.5 Å². The topological polar surface area (TPSA) is 18.5 Å². The first-order valence-electron chi connectivity index (χ1n) is 6.51. The molecule has 0 aliphatic carbocycles. The first-order chi connectivity index (χ1) is 10.8. The number of hydrogen-bond donors (Lipinski definition) is 0. The van der Waals surface area contributed by atoms with Crippen LogP contribution in [0.2, 0.25) is 0 Å². The third-order valence-corrected chi connectivity index (χ3v) is 4.97. The highest BCUT2D eigenvalue weighted by molar-refractivity contribution is 9.10. The number of benzene rings is 2. The number of alkyl halides is 3. The summed E-state index contributed by atoms with van der Waals surface area (Å²) in [6, 6.07) is 11.2. The predicted molar refractivity (Wildman–Crippen MR) is 104 cm³/mol. The zero-order valence-electron chi connectivity index (χ0n) is 12.2. The molecule has 0 unspecified atom stereocenters. The maximum atomic E-state index is 6.32. The minimum atomic E-state index is -1.60. The van der Waals surface area contributed by atoms with Crippen LogP contribution in [0, 0.1) is 0 Å². The van der Waals surface area contributed by atoms with Gasteiger partial charge in [0.1, 0.15) is 11.5 Å². The number of rotatable bonds is 4. The summed E-state index contributed by atoms with van der Waals surface area (Å²) in [5.74, 6) is 0.686. The number of ether oxygens (including phenoxy) is 2. The van der Waals surface area contributed by atoms with Crippen LogP contribution in [0.4, 0.5) is 0 Å². The first-order valence-corrected chi connectivity index (χ1v) is 9.23. The van der Waals surface area contributed by atoms with Crippen LogP contribution in [0.3, 0.4) is 0 Å². The van der Waals surface area contributed by atoms with E-state index in [0.717, 1.165) is 20.1 Å². The summed E-state index contributed by atoms with van der Waals surface area (Å²) in [4.78, 5) is 0. The van der Waals surface area contributed by atoms with Crippen LogP contribution in [0.5, 0.6) is 11.5 Å². The van der Waals surface area contributed by atoms with Gasteiger partial charge in [0, 0.05) is 20.1 Å². The van der Waals surface area contributed by atoms with E-state index in [1.165, 1.54) is 0 Å². The quantitative estimate of drug-likeness (QED) is 0.431. The van der Waals surface area contributed by atoms with E-state index in [4.69, 9.17) is 44.3 Å². The Balaban J connectivity index is 2.74. The van der Waals surface area contributed by atoms with Crippen LogP contribution < -0.4 is 9.47 Å². The first kappa shape index (κ1) is 19.2. The van der Waals surface area contributed by atoms with Crippen LogP contribution in [-0.4, -0.2) is 18.0 Å². The molecule has 0 aliphatic rings. The highest BCUT2D eigenvalue weighted by atomic mass is 79.9. The van der Waals surface area contributed by atoms with Gasteiger partial charge in [-0.2, -0.15) is 0 Å². The molecule has 2 aromatic rings. The van der Waals surface area contributed by atoms with Gasteiger partial charge in [-0.15, -0.1) is 0 Å². The van der Waals surface area contributed by atoms with Crippen molar-refractivity contribution in [3.05, 3.63) is 56.5 Å². The minimum absolute atomic E-state index is 0.576. The van der Waals surface area contributed by atoms with Crippen molar-refractivity contribution in [2.75, 3.05) is 14.2 Å². The highest BCUT2D eigenvalue weighted by Gasteiger charge is 2.39. The largest absolute Gasteiger partial charge is 0.496 e. The van der Waals surface area contributed by atoms with Gasteiger partial charge in [-0.25, -0.2) is 0 Å². The molecule has 2 rings (SSSR count). The molecule has 0 aliphatic heterocycles. The summed E-state index contributed by atoms with van der Waals surface area (Å²) in [7, 11) is 3.17. The van der Waals surface area contributed by atoms with E-state index in [1.54, 1.807) is 14.2 Å². The lowest BCUT2D eigenvalue weighted by Crippen LogP contribution is -2.20. The van der Waals surface area contributed by atoms with Gasteiger partial charge in [-0.1, -0.05) is 66.7 Å². The Kier molecular flexibility index (Phi) is 6.54. The Morgan fingerprint density at radius 2 is 1.22 bits per heavy atom. The van der Waals surface area contributed by atoms with Crippen molar-refractivity contribution < 1.29 is 9.47 Å². The Hall–Kier alpha value is -0.130. The van der Waals surface area contributed by atoms with Gasteiger partial charge in [-0.05, 0) is 36.4 Å². The number of hydrogen-bond acceptors (Lipinski definition) is 2. The zero-order valence-corrected chi connectivity index (χ0v) is 17.7. The normalized spacial score (nSPS) is 11.7. The van der Waals surface area contributed by atoms with Gasteiger partial charge in [0.15, 0.2) is 0 Å². The molecule has 124 valence electrons. The van der Waals surface area contributed by atoms with E-state index in [2.05, 4.69) is 31.9 Å². The standard InChI is InChI=1S/C16H13Br2Cl3O2/c1-22-13-5-3-9(17)7-11(13)15(16(19,20)21)12-8-10(18)4-6-14(12)23-2/h3-8,15H,1-2H3. The van der Waals surface area contributed by atoms with E-state index >= 15 is 0 Å². The van der Waals surface area contributed by atoms with Crippen LogP contribution in [0.15, 0.2) is 45.3 Å². The molecule has 0 amide bonds. The molecule has 2 aromatic carbocycles. The molecule has 0 saturated carbocycles. The van der Waals surface area contributed by atoms with E-state index in [-0.39, 0.29) is 0 Å². The second-order valence-electron chi connectivity index (χ2n) is 4.75. The summed E-state index contributed by atoms with van der Waals surface area (Å²) in [6.45, 7) is 0. The van der Waals surface area contributed by atoms with Crippen molar-refractivity contribution in [1.29, 1.82) is 0 Å². The van der Waals surface area contributed by atoms with Crippen molar-refractivity contribution >= 4 is 66.7 Å². The Bertz CT molecular complexity index is 649. The summed E-state index contributed by atoms with van der Waals surface area (Å²) >= 11 is 25.9. The smallest absolute Gasteiger partial charge is 0.201 e. The lowest BCUT2D eigenvalue weighted by Gasteiger charge is -2.28. The Morgan fingerprint density at radius 3 is 1.52 bits per heavy atom. The molecule has 2 nitrogen and oxygen atoms in total. The third kappa shape index (κ3) is 4.49. The van der Waals surface area contributed by atoms with Crippen LogP contribution in [0.1, 0.15) is 17.0 Å². The second-order valence-corrected chi connectivity index (χ2v) is 8.95. The van der Waals surface area contributed by atoms with Crippen LogP contribution >= 0.6 is 66.7 Å². The van der Waals surface area contributed by atoms with Crippen LogP contribution in [0.25, 0.3) is 0 Å². The molecule has 0 spiro atoms. The molecule has 0 atom stereocenters. The number of halogens is 5. The number of methoxy groups -OCH3 is 2. The zero-order chi connectivity index (χ0) is 17.2. The van der Waals surface area contributed by atoms with Gasteiger partial charge in [0.2, 0.25) is 3.79 Å². The second kappa shape index (κ2) is 7.83. The molecular formula is C16H13Br2Cl3O2. The third-order valence-electron chi connectivity index (χ3n) is 3.33. The van der Waals surface area contributed by atoms with Gasteiger partial charge >= 0.3 is 0 Å². The molecular weight excluding hydrogens is 490 g/mol. The predicted octanol–water partition coefficient (Wildman–Crippen LogP) is 6.73. The molecule has 0 N–H and O–H groups in total. The molecule has 0 fully saturated rings. The van der Waals surface area contributed by atoms with E-state index in [1.807, 2.05) is 36.4 Å². The van der Waals surface area contributed by atoms with E-state index < -0.39 is 9.71 Å². The average molecular weight is 503 g/mol. The van der Waals surface area contributed by atoms with Crippen LogP contribution in [-0.2, 0) is 0 Å². The van der Waals surface area contributed by atoms with Gasteiger partial charge in [0.25, 0.3) is 0 Å². The maximum absolute atomic E-state index is 6.32. The Labute approximate surface area is 167 Å². The fourth-order valence-electron chi connectivity index (χ4n) is 2.38. The average Bonchev–Trinajstić information content (AvgIpc) is 2.46. The molecule has 0 saturated heterocycles. The Morgan fingerprint density at radius 1 is 0.826 bits per heavy atom. The molecule has 7 heteroatoms. The minimum Gasteiger partial charge on any atom is -0.496 e. The summed E-state index contributed by atoms with van der Waals surface area (Å²) in [6.07, 6.45) is 0. The summed E-state index contributed by atoms with van der Waals surface area (Å²) < 4.78 is 11.0. The van der Waals surface area contributed by atoms with Crippen molar-refractivity contribution in [2.24, 2.45) is 0 Å². The lowest BCUT2D eigenvalue weighted by molar-refractivity contribution is 0.399. The maximum Gasteiger partial charge on any atom is 0.201 e. The molecule has 23 heavy (non-hydrogen) atoms. The van der Waals surface area contributed by atoms with Crippen molar-refractivity contribution in [3.63, 3.8) is 0 Å². The van der Waals surface area contributed by atoms with Crippen molar-refractivity contribution in [1.82, 2.24) is 0 Å². The van der Waals surface area contributed by atoms with Crippen molar-refractivity contribution in [3.8, 4) is 11.5 Å².